The number of hydrogen-bond donors (Lipinski definition) is 2. The van der Waals surface area contributed by atoms with Gasteiger partial charge in [0.05, 0.1) is 34.5 Å². The Morgan fingerprint density at radius 3 is 3.00 bits per heavy atom. The molecular formula is C12H14ClN3O. The van der Waals surface area contributed by atoms with Gasteiger partial charge in [0.25, 0.3) is 0 Å². The van der Waals surface area contributed by atoms with Crippen LogP contribution >= 0.6 is 11.6 Å². The normalized spacial score (nSPS) is 23.4. The van der Waals surface area contributed by atoms with Crippen LogP contribution in [-0.4, -0.2) is 32.3 Å². The SMILES string of the molecule is CO[C@H]1CNCC1Nc1ccc(C#N)cc1Cl. The van der Waals surface area contributed by atoms with Crippen LogP contribution in [0.25, 0.3) is 0 Å². The monoisotopic (exact) mass is 251 g/mol. The lowest BCUT2D eigenvalue weighted by atomic mass is 10.1. The van der Waals surface area contributed by atoms with Crippen molar-refractivity contribution in [2.24, 2.45) is 0 Å². The van der Waals surface area contributed by atoms with Gasteiger partial charge in [-0.3, -0.25) is 0 Å². The standard InChI is InChI=1S/C12H14ClN3O/c1-17-12-7-15-6-11(12)16-10-3-2-8(5-14)4-9(10)13/h2-4,11-12,15-16H,6-7H2,1H3/t11?,12-/m0/s1. The molecule has 17 heavy (non-hydrogen) atoms. The number of benzene rings is 1. The van der Waals surface area contributed by atoms with Crippen molar-refractivity contribution in [2.45, 2.75) is 12.1 Å². The van der Waals surface area contributed by atoms with Crippen molar-refractivity contribution in [3.8, 4) is 6.07 Å². The maximum Gasteiger partial charge on any atom is 0.0992 e. The molecule has 90 valence electrons. The second kappa shape index (κ2) is 5.37. The fraction of sp³-hybridized carbons (Fsp3) is 0.417. The number of anilines is 1. The number of rotatable bonds is 3. The van der Waals surface area contributed by atoms with Gasteiger partial charge < -0.3 is 15.4 Å². The summed E-state index contributed by atoms with van der Waals surface area (Å²) < 4.78 is 5.36. The molecule has 0 spiro atoms. The lowest BCUT2D eigenvalue weighted by Gasteiger charge is -2.20. The van der Waals surface area contributed by atoms with E-state index in [1.165, 1.54) is 0 Å². The number of nitrogens with one attached hydrogen (secondary N) is 2. The van der Waals surface area contributed by atoms with Gasteiger partial charge >= 0.3 is 0 Å². The van der Waals surface area contributed by atoms with E-state index in [2.05, 4.69) is 16.7 Å². The molecule has 1 aromatic carbocycles. The van der Waals surface area contributed by atoms with Crippen LogP contribution in [0.4, 0.5) is 5.69 Å². The molecule has 1 aliphatic heterocycles. The fourth-order valence-electron chi connectivity index (χ4n) is 1.95. The number of hydrogen-bond acceptors (Lipinski definition) is 4. The molecular weight excluding hydrogens is 238 g/mol. The van der Waals surface area contributed by atoms with E-state index in [4.69, 9.17) is 21.6 Å². The van der Waals surface area contributed by atoms with Gasteiger partial charge in [0, 0.05) is 20.2 Å². The molecule has 5 heteroatoms. The van der Waals surface area contributed by atoms with Crippen LogP contribution in [0.15, 0.2) is 18.2 Å². The van der Waals surface area contributed by atoms with Gasteiger partial charge in [0.15, 0.2) is 0 Å². The molecule has 1 fully saturated rings. The minimum absolute atomic E-state index is 0.140. The lowest BCUT2D eigenvalue weighted by Crippen LogP contribution is -2.33. The third-order valence-corrected chi connectivity index (χ3v) is 3.21. The van der Waals surface area contributed by atoms with E-state index in [-0.39, 0.29) is 12.1 Å². The summed E-state index contributed by atoms with van der Waals surface area (Å²) >= 11 is 6.10. The molecule has 0 bridgehead atoms. The molecule has 0 aromatic heterocycles. The Kier molecular flexibility index (Phi) is 3.85. The Morgan fingerprint density at radius 1 is 1.53 bits per heavy atom. The molecule has 1 aliphatic rings. The summed E-state index contributed by atoms with van der Waals surface area (Å²) in [6.07, 6.45) is 0.140. The first kappa shape index (κ1) is 12.2. The molecule has 1 saturated heterocycles. The zero-order valence-corrected chi connectivity index (χ0v) is 10.3. The Labute approximate surface area is 106 Å². The van der Waals surface area contributed by atoms with Crippen LogP contribution in [0.5, 0.6) is 0 Å². The van der Waals surface area contributed by atoms with Crippen molar-refractivity contribution in [1.29, 1.82) is 5.26 Å². The molecule has 2 atom stereocenters. The van der Waals surface area contributed by atoms with Crippen LogP contribution < -0.4 is 10.6 Å². The van der Waals surface area contributed by atoms with E-state index in [0.29, 0.717) is 10.6 Å². The molecule has 1 aromatic rings. The fourth-order valence-corrected chi connectivity index (χ4v) is 2.18. The summed E-state index contributed by atoms with van der Waals surface area (Å²) in [7, 11) is 1.70. The molecule has 4 nitrogen and oxygen atoms in total. The second-order valence-corrected chi connectivity index (χ2v) is 4.40. The molecule has 1 unspecified atom stereocenters. The van der Waals surface area contributed by atoms with Gasteiger partial charge in [-0.25, -0.2) is 0 Å². The van der Waals surface area contributed by atoms with Crippen molar-refractivity contribution < 1.29 is 4.74 Å². The maximum absolute atomic E-state index is 8.76. The molecule has 0 saturated carbocycles. The summed E-state index contributed by atoms with van der Waals surface area (Å²) in [5, 5.41) is 15.9. The quantitative estimate of drug-likeness (QED) is 0.857. The zero-order chi connectivity index (χ0) is 12.3. The number of ether oxygens (including phenoxy) is 1. The van der Waals surface area contributed by atoms with Gasteiger partial charge in [0.1, 0.15) is 0 Å². The highest BCUT2D eigenvalue weighted by molar-refractivity contribution is 6.33. The van der Waals surface area contributed by atoms with Crippen LogP contribution in [-0.2, 0) is 4.74 Å². The molecule has 2 rings (SSSR count). The first-order chi connectivity index (χ1) is 8.24. The van der Waals surface area contributed by atoms with Crippen LogP contribution in [0.1, 0.15) is 5.56 Å². The topological polar surface area (TPSA) is 57.1 Å². The molecule has 0 aliphatic carbocycles. The first-order valence-electron chi connectivity index (χ1n) is 5.44. The van der Waals surface area contributed by atoms with E-state index >= 15 is 0 Å². The second-order valence-electron chi connectivity index (χ2n) is 3.99. The van der Waals surface area contributed by atoms with Crippen molar-refractivity contribution in [2.75, 3.05) is 25.5 Å². The summed E-state index contributed by atoms with van der Waals surface area (Å²) in [5.41, 5.74) is 1.40. The number of halogens is 1. The summed E-state index contributed by atoms with van der Waals surface area (Å²) in [6, 6.07) is 7.49. The largest absolute Gasteiger partial charge is 0.378 e. The van der Waals surface area contributed by atoms with Crippen molar-refractivity contribution in [3.63, 3.8) is 0 Å². The van der Waals surface area contributed by atoms with Crippen molar-refractivity contribution in [1.82, 2.24) is 5.32 Å². The Morgan fingerprint density at radius 2 is 2.35 bits per heavy atom. The van der Waals surface area contributed by atoms with E-state index in [9.17, 15) is 0 Å². The summed E-state index contributed by atoms with van der Waals surface area (Å²) in [4.78, 5) is 0. The van der Waals surface area contributed by atoms with Crippen molar-refractivity contribution >= 4 is 17.3 Å². The van der Waals surface area contributed by atoms with Gasteiger partial charge in [0.2, 0.25) is 0 Å². The van der Waals surface area contributed by atoms with Crippen LogP contribution in [0.2, 0.25) is 5.02 Å². The predicted molar refractivity (Wildman–Crippen MR) is 67.2 cm³/mol. The number of methoxy groups -OCH3 is 1. The Bertz CT molecular complexity index is 444. The minimum atomic E-state index is 0.140. The summed E-state index contributed by atoms with van der Waals surface area (Å²) in [5.74, 6) is 0. The lowest BCUT2D eigenvalue weighted by molar-refractivity contribution is 0.112. The first-order valence-corrected chi connectivity index (χ1v) is 5.82. The van der Waals surface area contributed by atoms with Gasteiger partial charge in [-0.2, -0.15) is 5.26 Å². The van der Waals surface area contributed by atoms with E-state index in [1.807, 2.05) is 6.07 Å². The Balaban J connectivity index is 2.11. The van der Waals surface area contributed by atoms with Crippen LogP contribution in [0, 0.1) is 11.3 Å². The number of nitrogens with zero attached hydrogens (tertiary/aromatic N) is 1. The number of nitriles is 1. The van der Waals surface area contributed by atoms with Crippen LogP contribution in [0.3, 0.4) is 0 Å². The third-order valence-electron chi connectivity index (χ3n) is 2.90. The minimum Gasteiger partial charge on any atom is -0.378 e. The van der Waals surface area contributed by atoms with Gasteiger partial charge in [-0.1, -0.05) is 11.6 Å². The average Bonchev–Trinajstić information content (AvgIpc) is 2.79. The zero-order valence-electron chi connectivity index (χ0n) is 9.53. The van der Waals surface area contributed by atoms with Gasteiger partial charge in [-0.05, 0) is 18.2 Å². The Hall–Kier alpha value is -1.28. The molecule has 1 heterocycles. The maximum atomic E-state index is 8.76. The van der Waals surface area contributed by atoms with E-state index in [1.54, 1.807) is 19.2 Å². The predicted octanol–water partition coefficient (Wildman–Crippen LogP) is 1.61. The van der Waals surface area contributed by atoms with Gasteiger partial charge in [-0.15, -0.1) is 0 Å². The smallest absolute Gasteiger partial charge is 0.0992 e. The highest BCUT2D eigenvalue weighted by atomic mass is 35.5. The molecule has 2 N–H and O–H groups in total. The third kappa shape index (κ3) is 2.70. The highest BCUT2D eigenvalue weighted by Crippen LogP contribution is 2.24. The average molecular weight is 252 g/mol. The van der Waals surface area contributed by atoms with E-state index < -0.39 is 0 Å². The molecule has 0 amide bonds. The van der Waals surface area contributed by atoms with E-state index in [0.717, 1.165) is 18.8 Å². The van der Waals surface area contributed by atoms with Crippen molar-refractivity contribution in [3.05, 3.63) is 28.8 Å². The highest BCUT2D eigenvalue weighted by Gasteiger charge is 2.26. The molecule has 0 radical (unpaired) electrons. The summed E-state index contributed by atoms with van der Waals surface area (Å²) in [6.45, 7) is 1.68.